The second-order valence-electron chi connectivity index (χ2n) is 11.1. The molecule has 3 fully saturated rings. The fraction of sp³-hybridized carbons (Fsp3) is 0.889. The Morgan fingerprint density at radius 2 is 0.757 bits per heavy atom. The van der Waals surface area contributed by atoms with Gasteiger partial charge in [0.1, 0.15) is 0 Å². The molecule has 3 rings (SSSR count). The average Bonchev–Trinajstić information content (AvgIpc) is 2.85. The maximum absolute atomic E-state index is 10.7. The van der Waals surface area contributed by atoms with E-state index in [1.165, 1.54) is 0 Å². The molecule has 0 saturated heterocycles. The smallest absolute Gasteiger partial charge is 0.308 e. The van der Waals surface area contributed by atoms with Gasteiger partial charge < -0.3 is 32.5 Å². The quantitative estimate of drug-likeness (QED) is 0.249. The number of carboxylic acids is 3. The van der Waals surface area contributed by atoms with Crippen LogP contribution in [-0.2, 0) is 14.4 Å². The second-order valence-corrected chi connectivity index (χ2v) is 11.1. The Bertz CT molecular complexity index is 607. The molecule has 0 heterocycles. The van der Waals surface area contributed by atoms with Crippen LogP contribution < -0.4 is 17.2 Å². The number of nitrogens with two attached hydrogens (primary N) is 3. The number of rotatable bonds is 6. The molecule has 3 saturated carbocycles. The fourth-order valence-corrected chi connectivity index (χ4v) is 5.81. The molecule has 0 aromatic rings. The molecule has 10 heteroatoms. The van der Waals surface area contributed by atoms with Crippen LogP contribution in [0.5, 0.6) is 0 Å². The van der Waals surface area contributed by atoms with Crippen molar-refractivity contribution >= 4 is 17.9 Å². The minimum Gasteiger partial charge on any atom is -0.481 e. The molecule has 3 aliphatic rings. The molecular formula is C27H51LaN3O6. The maximum atomic E-state index is 10.7. The van der Waals surface area contributed by atoms with Crippen molar-refractivity contribution < 1.29 is 65.3 Å². The molecule has 9 nitrogen and oxygen atoms in total. The zero-order valence-corrected chi connectivity index (χ0v) is 26.7. The SMILES string of the molecule is CCC1CCC(N)C(C(=O)O)C1.CCC1CCC(N)C(C(=O)O)C1.CCC1CCC(N)C(C(=O)O)C1.[La]. The molecule has 9 atom stereocenters. The third-order valence-electron chi connectivity index (χ3n) is 8.72. The van der Waals surface area contributed by atoms with Crippen LogP contribution in [0.2, 0.25) is 0 Å². The molecule has 3 aliphatic carbocycles. The number of aliphatic carboxylic acids is 3. The van der Waals surface area contributed by atoms with Gasteiger partial charge in [-0.15, -0.1) is 0 Å². The Hall–Kier alpha value is -0.515. The second kappa shape index (κ2) is 18.7. The van der Waals surface area contributed by atoms with Gasteiger partial charge in [-0.3, -0.25) is 14.4 Å². The third kappa shape index (κ3) is 12.5. The van der Waals surface area contributed by atoms with Crippen molar-refractivity contribution in [3.05, 3.63) is 0 Å². The Morgan fingerprint density at radius 3 is 0.919 bits per heavy atom. The van der Waals surface area contributed by atoms with Gasteiger partial charge in [0, 0.05) is 53.7 Å². The molecule has 213 valence electrons. The average molecular weight is 653 g/mol. The molecule has 0 amide bonds. The number of hydrogen-bond acceptors (Lipinski definition) is 6. The van der Waals surface area contributed by atoms with Crippen LogP contribution in [0.15, 0.2) is 0 Å². The van der Waals surface area contributed by atoms with E-state index in [4.69, 9.17) is 32.5 Å². The monoisotopic (exact) mass is 652 g/mol. The van der Waals surface area contributed by atoms with Crippen molar-refractivity contribution in [2.75, 3.05) is 0 Å². The van der Waals surface area contributed by atoms with Gasteiger partial charge in [-0.05, 0) is 75.5 Å². The Labute approximate surface area is 250 Å². The molecule has 0 aliphatic heterocycles. The van der Waals surface area contributed by atoms with E-state index in [9.17, 15) is 14.4 Å². The predicted molar refractivity (Wildman–Crippen MR) is 140 cm³/mol. The molecule has 0 bridgehead atoms. The predicted octanol–water partition coefficient (Wildman–Crippen LogP) is 3.67. The molecule has 0 aromatic heterocycles. The summed E-state index contributed by atoms with van der Waals surface area (Å²) >= 11 is 0. The first-order chi connectivity index (χ1) is 16.9. The molecule has 0 aromatic carbocycles. The standard InChI is InChI=1S/3C9H17NO2.La/c3*1-2-6-3-4-8(10)7(5-6)9(11)12;/h3*6-8H,2-5,10H2,1H3,(H,11,12);. The van der Waals surface area contributed by atoms with Gasteiger partial charge in [0.2, 0.25) is 0 Å². The summed E-state index contributed by atoms with van der Waals surface area (Å²) in [6.45, 7) is 6.33. The molecule has 37 heavy (non-hydrogen) atoms. The number of carboxylic acid groups (broad SMARTS) is 3. The van der Waals surface area contributed by atoms with Crippen LogP contribution in [0.3, 0.4) is 0 Å². The van der Waals surface area contributed by atoms with Gasteiger partial charge in [0.15, 0.2) is 0 Å². The van der Waals surface area contributed by atoms with Crippen molar-refractivity contribution in [2.45, 2.75) is 116 Å². The molecule has 1 radical (unpaired) electrons. The van der Waals surface area contributed by atoms with Crippen molar-refractivity contribution in [2.24, 2.45) is 52.7 Å². The minimum atomic E-state index is -0.722. The molecule has 9 unspecified atom stereocenters. The van der Waals surface area contributed by atoms with Crippen molar-refractivity contribution in [3.63, 3.8) is 0 Å². The van der Waals surface area contributed by atoms with Crippen LogP contribution in [0.1, 0.15) is 97.8 Å². The zero-order chi connectivity index (χ0) is 27.4. The van der Waals surface area contributed by atoms with Gasteiger partial charge >= 0.3 is 17.9 Å². The summed E-state index contributed by atoms with van der Waals surface area (Å²) < 4.78 is 0. The fourth-order valence-electron chi connectivity index (χ4n) is 5.81. The van der Waals surface area contributed by atoms with Gasteiger partial charge in [-0.25, -0.2) is 0 Å². The van der Waals surface area contributed by atoms with E-state index in [1.54, 1.807) is 0 Å². The Kier molecular flexibility index (Phi) is 18.5. The Morgan fingerprint density at radius 1 is 0.541 bits per heavy atom. The van der Waals surface area contributed by atoms with E-state index in [-0.39, 0.29) is 71.5 Å². The van der Waals surface area contributed by atoms with Crippen molar-refractivity contribution in [1.82, 2.24) is 0 Å². The van der Waals surface area contributed by atoms with E-state index in [1.807, 2.05) is 0 Å². The van der Waals surface area contributed by atoms with Gasteiger partial charge in [-0.1, -0.05) is 40.0 Å². The molecule has 9 N–H and O–H groups in total. The van der Waals surface area contributed by atoms with E-state index in [0.717, 1.165) is 77.0 Å². The first-order valence-electron chi connectivity index (χ1n) is 13.9. The van der Waals surface area contributed by atoms with Crippen LogP contribution in [-0.4, -0.2) is 51.4 Å². The third-order valence-corrected chi connectivity index (χ3v) is 8.72. The Balaban J connectivity index is 0.000000518. The van der Waals surface area contributed by atoms with E-state index in [2.05, 4.69) is 20.8 Å². The van der Waals surface area contributed by atoms with Crippen molar-refractivity contribution in [3.8, 4) is 0 Å². The minimum absolute atomic E-state index is 0. The summed E-state index contributed by atoms with van der Waals surface area (Å²) in [5.41, 5.74) is 17.1. The van der Waals surface area contributed by atoms with E-state index in [0.29, 0.717) is 17.8 Å². The van der Waals surface area contributed by atoms with Crippen LogP contribution in [0.4, 0.5) is 0 Å². The summed E-state index contributed by atoms with van der Waals surface area (Å²) in [6, 6.07) is -0.360. The number of hydrogen-bond donors (Lipinski definition) is 6. The van der Waals surface area contributed by atoms with Gasteiger partial charge in [-0.2, -0.15) is 0 Å². The maximum Gasteiger partial charge on any atom is 0.308 e. The first-order valence-corrected chi connectivity index (χ1v) is 13.9. The summed E-state index contributed by atoms with van der Waals surface area (Å²) in [5, 5.41) is 26.5. The van der Waals surface area contributed by atoms with Crippen LogP contribution in [0, 0.1) is 71.1 Å². The topological polar surface area (TPSA) is 190 Å². The largest absolute Gasteiger partial charge is 0.481 e. The van der Waals surface area contributed by atoms with Gasteiger partial charge in [0.05, 0.1) is 17.8 Å². The van der Waals surface area contributed by atoms with Gasteiger partial charge in [0.25, 0.3) is 0 Å². The summed E-state index contributed by atoms with van der Waals surface area (Å²) in [7, 11) is 0. The van der Waals surface area contributed by atoms with Crippen LogP contribution in [0.25, 0.3) is 0 Å². The van der Waals surface area contributed by atoms with E-state index < -0.39 is 17.9 Å². The van der Waals surface area contributed by atoms with Crippen molar-refractivity contribution in [1.29, 1.82) is 0 Å². The molecule has 0 spiro atoms. The zero-order valence-electron chi connectivity index (χ0n) is 23.1. The normalized spacial score (nSPS) is 35.4. The van der Waals surface area contributed by atoms with Crippen LogP contribution >= 0.6 is 0 Å². The van der Waals surface area contributed by atoms with E-state index >= 15 is 0 Å². The molecular weight excluding hydrogens is 601 g/mol. The summed E-state index contributed by atoms with van der Waals surface area (Å²) in [5.74, 6) is -1.35. The first kappa shape index (κ1) is 36.5. The summed E-state index contributed by atoms with van der Waals surface area (Å²) in [4.78, 5) is 32.2. The summed E-state index contributed by atoms with van der Waals surface area (Å²) in [6.07, 6.45) is 11.5. The number of carbonyl (C=O) groups is 3.